The van der Waals surface area contributed by atoms with Crippen LogP contribution in [0.15, 0.2) is 18.2 Å². The van der Waals surface area contributed by atoms with Crippen LogP contribution in [0.1, 0.15) is 33.6 Å². The molecule has 3 rings (SSSR count). The molecular weight excluding hydrogens is 286 g/mol. The average Bonchev–Trinajstić information content (AvgIpc) is 2.68. The molecule has 3 N–H and O–H groups in total. The van der Waals surface area contributed by atoms with Crippen molar-refractivity contribution >= 4 is 11.3 Å². The molecule has 1 aliphatic rings. The van der Waals surface area contributed by atoms with E-state index in [2.05, 4.69) is 10.4 Å². The Morgan fingerprint density at radius 3 is 2.67 bits per heavy atom. The van der Waals surface area contributed by atoms with Crippen LogP contribution >= 0.6 is 11.3 Å². The molecule has 1 aromatic carbocycles. The van der Waals surface area contributed by atoms with Crippen LogP contribution in [-0.2, 0) is 0 Å². The number of aromatic nitrogens is 1. The molecule has 0 bridgehead atoms. The molecular formula is C15H19N3O2S. The Morgan fingerprint density at radius 2 is 2.00 bits per heavy atom. The number of hydrogen-bond donors (Lipinski definition) is 2. The van der Waals surface area contributed by atoms with E-state index >= 15 is 0 Å². The molecule has 0 fully saturated rings. The van der Waals surface area contributed by atoms with Crippen LogP contribution in [0, 0.1) is 13.8 Å². The number of benzene rings is 1. The maximum Gasteiger partial charge on any atom is 0.161 e. The first-order chi connectivity index (χ1) is 10.2. The number of aryl methyl sites for hydroxylation is 2. The maximum absolute atomic E-state index is 5.78. The number of nitrogens with zero attached hydrogens (tertiary/aromatic N) is 1. The monoisotopic (exact) mass is 305 g/mol. The van der Waals surface area contributed by atoms with Gasteiger partial charge in [-0.3, -0.25) is 5.84 Å². The van der Waals surface area contributed by atoms with Gasteiger partial charge in [-0.05, 0) is 31.5 Å². The van der Waals surface area contributed by atoms with Crippen LogP contribution in [0.5, 0.6) is 11.5 Å². The molecule has 0 saturated carbocycles. The largest absolute Gasteiger partial charge is 0.490 e. The molecule has 2 aromatic rings. The molecule has 0 saturated heterocycles. The molecule has 0 aliphatic carbocycles. The summed E-state index contributed by atoms with van der Waals surface area (Å²) in [6.45, 7) is 5.38. The van der Waals surface area contributed by atoms with Gasteiger partial charge in [-0.2, -0.15) is 0 Å². The van der Waals surface area contributed by atoms with E-state index in [0.29, 0.717) is 13.2 Å². The zero-order valence-electron chi connectivity index (χ0n) is 12.2. The smallest absolute Gasteiger partial charge is 0.161 e. The first-order valence-corrected chi connectivity index (χ1v) is 7.80. The maximum atomic E-state index is 5.78. The predicted molar refractivity (Wildman–Crippen MR) is 82.8 cm³/mol. The lowest BCUT2D eigenvalue weighted by Gasteiger charge is -2.17. The average molecular weight is 305 g/mol. The minimum Gasteiger partial charge on any atom is -0.490 e. The van der Waals surface area contributed by atoms with E-state index in [0.717, 1.165) is 39.1 Å². The zero-order valence-corrected chi connectivity index (χ0v) is 13.0. The number of hydrogen-bond acceptors (Lipinski definition) is 6. The van der Waals surface area contributed by atoms with Crippen molar-refractivity contribution in [2.45, 2.75) is 26.3 Å². The topological polar surface area (TPSA) is 69.4 Å². The van der Waals surface area contributed by atoms with Crippen molar-refractivity contribution in [3.05, 3.63) is 39.3 Å². The molecule has 2 heterocycles. The van der Waals surface area contributed by atoms with Crippen molar-refractivity contribution in [3.8, 4) is 11.5 Å². The minimum absolute atomic E-state index is 0.0895. The Hall–Kier alpha value is -1.63. The van der Waals surface area contributed by atoms with Gasteiger partial charge in [-0.1, -0.05) is 6.07 Å². The first kappa shape index (κ1) is 14.3. The van der Waals surface area contributed by atoms with Gasteiger partial charge in [0.1, 0.15) is 0 Å². The van der Waals surface area contributed by atoms with Gasteiger partial charge in [0.05, 0.1) is 34.8 Å². The minimum atomic E-state index is -0.0895. The summed E-state index contributed by atoms with van der Waals surface area (Å²) in [5.41, 5.74) is 4.94. The highest BCUT2D eigenvalue weighted by molar-refractivity contribution is 7.11. The van der Waals surface area contributed by atoms with E-state index < -0.39 is 0 Å². The van der Waals surface area contributed by atoms with Gasteiger partial charge in [0.2, 0.25) is 0 Å². The lowest BCUT2D eigenvalue weighted by molar-refractivity contribution is 0.297. The highest BCUT2D eigenvalue weighted by Gasteiger charge is 2.20. The highest BCUT2D eigenvalue weighted by atomic mass is 32.1. The van der Waals surface area contributed by atoms with Crippen molar-refractivity contribution < 1.29 is 9.47 Å². The first-order valence-electron chi connectivity index (χ1n) is 6.98. The summed E-state index contributed by atoms with van der Waals surface area (Å²) < 4.78 is 11.4. The third-order valence-corrected chi connectivity index (χ3v) is 4.61. The second-order valence-corrected chi connectivity index (χ2v) is 6.27. The molecule has 1 aromatic heterocycles. The molecule has 112 valence electrons. The lowest BCUT2D eigenvalue weighted by atomic mass is 10.0. The van der Waals surface area contributed by atoms with Gasteiger partial charge in [0.15, 0.2) is 11.5 Å². The van der Waals surface area contributed by atoms with Gasteiger partial charge in [-0.15, -0.1) is 11.3 Å². The number of nitrogens with one attached hydrogen (secondary N) is 1. The van der Waals surface area contributed by atoms with E-state index in [4.69, 9.17) is 15.3 Å². The van der Waals surface area contributed by atoms with Crippen molar-refractivity contribution in [2.24, 2.45) is 5.84 Å². The second kappa shape index (κ2) is 6.01. The Labute approximate surface area is 128 Å². The molecule has 1 unspecified atom stereocenters. The summed E-state index contributed by atoms with van der Waals surface area (Å²) in [5.74, 6) is 7.36. The van der Waals surface area contributed by atoms with Gasteiger partial charge < -0.3 is 9.47 Å². The Morgan fingerprint density at radius 1 is 1.24 bits per heavy atom. The van der Waals surface area contributed by atoms with Crippen molar-refractivity contribution in [3.63, 3.8) is 0 Å². The number of rotatable bonds is 3. The third kappa shape index (κ3) is 2.88. The zero-order chi connectivity index (χ0) is 14.8. The van der Waals surface area contributed by atoms with E-state index in [1.54, 1.807) is 11.3 Å². The normalized spacial score (nSPS) is 15.6. The summed E-state index contributed by atoms with van der Waals surface area (Å²) in [7, 11) is 0. The third-order valence-electron chi connectivity index (χ3n) is 3.47. The van der Waals surface area contributed by atoms with Crippen LogP contribution in [0.3, 0.4) is 0 Å². The SMILES string of the molecule is Cc1nc(C)c(C(NN)c2ccc3c(c2)OCCCO3)s1. The van der Waals surface area contributed by atoms with Gasteiger partial charge >= 0.3 is 0 Å². The molecule has 1 atom stereocenters. The Kier molecular flexibility index (Phi) is 4.10. The van der Waals surface area contributed by atoms with Crippen molar-refractivity contribution in [1.82, 2.24) is 10.4 Å². The van der Waals surface area contributed by atoms with E-state index in [-0.39, 0.29) is 6.04 Å². The van der Waals surface area contributed by atoms with Crippen LogP contribution in [0.4, 0.5) is 0 Å². The van der Waals surface area contributed by atoms with Crippen molar-refractivity contribution in [1.29, 1.82) is 0 Å². The molecule has 1 aliphatic heterocycles. The quantitative estimate of drug-likeness (QED) is 0.673. The predicted octanol–water partition coefficient (Wildman–Crippen LogP) is 2.47. The van der Waals surface area contributed by atoms with Crippen LogP contribution in [0.25, 0.3) is 0 Å². The number of hydrazine groups is 1. The molecule has 6 heteroatoms. The fraction of sp³-hybridized carbons (Fsp3) is 0.400. The molecule has 0 spiro atoms. The Bertz CT molecular complexity index is 642. The number of fused-ring (bicyclic) bond motifs is 1. The van der Waals surface area contributed by atoms with Gasteiger partial charge in [0.25, 0.3) is 0 Å². The van der Waals surface area contributed by atoms with Gasteiger partial charge in [0, 0.05) is 6.42 Å². The summed E-state index contributed by atoms with van der Waals surface area (Å²) in [6.07, 6.45) is 0.899. The van der Waals surface area contributed by atoms with Crippen LogP contribution in [0.2, 0.25) is 0 Å². The summed E-state index contributed by atoms with van der Waals surface area (Å²) in [5, 5.41) is 1.04. The highest BCUT2D eigenvalue weighted by Crippen LogP contribution is 2.36. The lowest BCUT2D eigenvalue weighted by Crippen LogP contribution is -2.28. The number of nitrogens with two attached hydrogens (primary N) is 1. The van der Waals surface area contributed by atoms with Crippen LogP contribution < -0.4 is 20.7 Å². The molecule has 0 radical (unpaired) electrons. The molecule has 5 nitrogen and oxygen atoms in total. The summed E-state index contributed by atoms with van der Waals surface area (Å²) >= 11 is 1.66. The number of thiazole rings is 1. The number of ether oxygens (including phenoxy) is 2. The Balaban J connectivity index is 1.98. The second-order valence-electron chi connectivity index (χ2n) is 5.04. The summed E-state index contributed by atoms with van der Waals surface area (Å²) in [4.78, 5) is 5.60. The molecule has 21 heavy (non-hydrogen) atoms. The van der Waals surface area contributed by atoms with E-state index in [1.165, 1.54) is 0 Å². The fourth-order valence-corrected chi connectivity index (χ4v) is 3.51. The van der Waals surface area contributed by atoms with Crippen molar-refractivity contribution in [2.75, 3.05) is 13.2 Å². The van der Waals surface area contributed by atoms with E-state index in [9.17, 15) is 0 Å². The fourth-order valence-electron chi connectivity index (χ4n) is 2.50. The van der Waals surface area contributed by atoms with E-state index in [1.807, 2.05) is 32.0 Å². The van der Waals surface area contributed by atoms with Crippen LogP contribution in [-0.4, -0.2) is 18.2 Å². The molecule has 0 amide bonds. The van der Waals surface area contributed by atoms with Gasteiger partial charge in [-0.25, -0.2) is 10.4 Å². The standard InChI is InChI=1S/C15H19N3O2S/c1-9-15(21-10(2)17-9)14(18-16)11-4-5-12-13(8-11)20-7-3-6-19-12/h4-5,8,14,18H,3,6-7,16H2,1-2H3. The summed E-state index contributed by atoms with van der Waals surface area (Å²) in [6, 6.07) is 5.88.